The van der Waals surface area contributed by atoms with Crippen LogP contribution in [-0.4, -0.2) is 28.9 Å². The molecule has 0 fully saturated rings. The SMILES string of the molecule is CC1CC(C(=O)O)c2ccccc2N1C(=O)C(C)(C)CCl. The molecular weight excluding hydrogens is 290 g/mol. The normalized spacial score (nSPS) is 21.8. The Morgan fingerprint density at radius 2 is 2.00 bits per heavy atom. The second-order valence-corrected chi connectivity index (χ2v) is 6.49. The zero-order valence-electron chi connectivity index (χ0n) is 12.5. The summed E-state index contributed by atoms with van der Waals surface area (Å²) in [6, 6.07) is 7.05. The van der Waals surface area contributed by atoms with E-state index in [0.29, 0.717) is 17.7 Å². The summed E-state index contributed by atoms with van der Waals surface area (Å²) in [5.74, 6) is -1.27. The van der Waals surface area contributed by atoms with Gasteiger partial charge in [-0.05, 0) is 38.8 Å². The van der Waals surface area contributed by atoms with Crippen molar-refractivity contribution in [3.05, 3.63) is 29.8 Å². The Kier molecular flexibility index (Phi) is 4.28. The lowest BCUT2D eigenvalue weighted by Gasteiger charge is -2.41. The van der Waals surface area contributed by atoms with Gasteiger partial charge >= 0.3 is 5.97 Å². The quantitative estimate of drug-likeness (QED) is 0.872. The standard InChI is InChI=1S/C16H20ClNO3/c1-10-8-12(14(19)20)11-6-4-5-7-13(11)18(10)15(21)16(2,3)9-17/h4-7,10,12H,8-9H2,1-3H3,(H,19,20). The summed E-state index contributed by atoms with van der Waals surface area (Å²) in [6.07, 6.45) is 0.413. The number of amides is 1. The van der Waals surface area contributed by atoms with Crippen molar-refractivity contribution in [1.29, 1.82) is 0 Å². The van der Waals surface area contributed by atoms with Crippen molar-refractivity contribution >= 4 is 29.2 Å². The summed E-state index contributed by atoms with van der Waals surface area (Å²) < 4.78 is 0. The van der Waals surface area contributed by atoms with E-state index in [2.05, 4.69) is 0 Å². The maximum atomic E-state index is 12.8. The van der Waals surface area contributed by atoms with E-state index < -0.39 is 17.3 Å². The van der Waals surface area contributed by atoms with E-state index >= 15 is 0 Å². The van der Waals surface area contributed by atoms with Gasteiger partial charge in [-0.3, -0.25) is 9.59 Å². The Morgan fingerprint density at radius 1 is 1.38 bits per heavy atom. The Bertz CT molecular complexity index is 570. The molecule has 2 atom stereocenters. The number of fused-ring (bicyclic) bond motifs is 1. The van der Waals surface area contributed by atoms with Crippen LogP contribution in [-0.2, 0) is 9.59 Å². The number of rotatable bonds is 3. The molecule has 4 nitrogen and oxygen atoms in total. The summed E-state index contributed by atoms with van der Waals surface area (Å²) in [5.41, 5.74) is 0.701. The van der Waals surface area contributed by atoms with Crippen molar-refractivity contribution in [3.63, 3.8) is 0 Å². The van der Waals surface area contributed by atoms with E-state index in [1.165, 1.54) is 0 Å². The first-order valence-corrected chi connectivity index (χ1v) is 7.54. The van der Waals surface area contributed by atoms with E-state index in [0.717, 1.165) is 0 Å². The third kappa shape index (κ3) is 2.77. The van der Waals surface area contributed by atoms with E-state index in [1.807, 2.05) is 19.1 Å². The van der Waals surface area contributed by atoms with Crippen LogP contribution in [0.25, 0.3) is 0 Å². The Morgan fingerprint density at radius 3 is 2.57 bits per heavy atom. The summed E-state index contributed by atoms with van der Waals surface area (Å²) >= 11 is 5.92. The van der Waals surface area contributed by atoms with Gasteiger partial charge in [0.2, 0.25) is 5.91 Å². The fourth-order valence-electron chi connectivity index (χ4n) is 2.74. The van der Waals surface area contributed by atoms with Gasteiger partial charge in [-0.1, -0.05) is 18.2 Å². The summed E-state index contributed by atoms with van der Waals surface area (Å²) in [5, 5.41) is 9.41. The minimum absolute atomic E-state index is 0.0683. The molecule has 5 heteroatoms. The number of nitrogens with zero attached hydrogens (tertiary/aromatic N) is 1. The van der Waals surface area contributed by atoms with Crippen LogP contribution in [0.5, 0.6) is 0 Å². The molecule has 0 spiro atoms. The Labute approximate surface area is 129 Å². The van der Waals surface area contributed by atoms with Crippen molar-refractivity contribution < 1.29 is 14.7 Å². The predicted molar refractivity (Wildman–Crippen MR) is 82.9 cm³/mol. The lowest BCUT2D eigenvalue weighted by Crippen LogP contribution is -2.50. The third-order valence-electron chi connectivity index (χ3n) is 4.02. The number of hydrogen-bond donors (Lipinski definition) is 1. The van der Waals surface area contributed by atoms with E-state index in [-0.39, 0.29) is 17.8 Å². The first-order valence-electron chi connectivity index (χ1n) is 7.01. The summed E-state index contributed by atoms with van der Waals surface area (Å²) in [6.45, 7) is 5.50. The molecule has 21 heavy (non-hydrogen) atoms. The first-order chi connectivity index (χ1) is 9.79. The smallest absolute Gasteiger partial charge is 0.311 e. The zero-order chi connectivity index (χ0) is 15.8. The fourth-order valence-corrected chi connectivity index (χ4v) is 2.85. The van der Waals surface area contributed by atoms with Gasteiger partial charge in [0.05, 0.1) is 11.3 Å². The van der Waals surface area contributed by atoms with E-state index in [9.17, 15) is 14.7 Å². The van der Waals surface area contributed by atoms with Gasteiger partial charge in [-0.25, -0.2) is 0 Å². The van der Waals surface area contributed by atoms with Gasteiger partial charge in [0, 0.05) is 17.6 Å². The molecule has 1 N–H and O–H groups in total. The van der Waals surface area contributed by atoms with Gasteiger partial charge in [-0.15, -0.1) is 11.6 Å². The highest BCUT2D eigenvalue weighted by molar-refractivity contribution is 6.20. The lowest BCUT2D eigenvalue weighted by atomic mass is 9.84. The average Bonchev–Trinajstić information content (AvgIpc) is 2.45. The van der Waals surface area contributed by atoms with Crippen molar-refractivity contribution in [2.45, 2.75) is 39.2 Å². The van der Waals surface area contributed by atoms with E-state index in [4.69, 9.17) is 11.6 Å². The highest BCUT2D eigenvalue weighted by Gasteiger charge is 2.41. The highest BCUT2D eigenvalue weighted by Crippen LogP contribution is 2.40. The molecule has 0 bridgehead atoms. The Balaban J connectivity index is 2.51. The zero-order valence-corrected chi connectivity index (χ0v) is 13.2. The van der Waals surface area contributed by atoms with Crippen LogP contribution in [0.4, 0.5) is 5.69 Å². The molecule has 2 unspecified atom stereocenters. The number of aliphatic carboxylic acids is 1. The maximum absolute atomic E-state index is 12.8. The van der Waals surface area contributed by atoms with Crippen LogP contribution < -0.4 is 4.90 Å². The van der Waals surface area contributed by atoms with Gasteiger partial charge in [0.25, 0.3) is 0 Å². The van der Waals surface area contributed by atoms with Crippen LogP contribution in [0.1, 0.15) is 38.7 Å². The van der Waals surface area contributed by atoms with Crippen molar-refractivity contribution in [3.8, 4) is 0 Å². The second-order valence-electron chi connectivity index (χ2n) is 6.23. The van der Waals surface area contributed by atoms with Gasteiger partial charge < -0.3 is 10.0 Å². The molecule has 0 radical (unpaired) electrons. The number of carboxylic acids is 1. The number of carboxylic acid groups (broad SMARTS) is 1. The minimum Gasteiger partial charge on any atom is -0.481 e. The maximum Gasteiger partial charge on any atom is 0.311 e. The molecule has 1 aromatic carbocycles. The molecule has 1 aromatic rings. The third-order valence-corrected chi connectivity index (χ3v) is 4.69. The van der Waals surface area contributed by atoms with Crippen LogP contribution in [0.2, 0.25) is 0 Å². The molecule has 1 heterocycles. The Hall–Kier alpha value is -1.55. The minimum atomic E-state index is -0.849. The molecule has 1 aliphatic rings. The van der Waals surface area contributed by atoms with Crippen molar-refractivity contribution in [2.24, 2.45) is 5.41 Å². The molecule has 2 rings (SSSR count). The largest absolute Gasteiger partial charge is 0.481 e. The number of alkyl halides is 1. The molecule has 0 aromatic heterocycles. The number of hydrogen-bond acceptors (Lipinski definition) is 2. The summed E-state index contributed by atoms with van der Waals surface area (Å²) in [4.78, 5) is 26.0. The van der Waals surface area contributed by atoms with Crippen molar-refractivity contribution in [2.75, 3.05) is 10.8 Å². The monoisotopic (exact) mass is 309 g/mol. The van der Waals surface area contributed by atoms with Crippen LogP contribution in [0, 0.1) is 5.41 Å². The number of halogens is 1. The molecule has 1 aliphatic heterocycles. The fraction of sp³-hybridized carbons (Fsp3) is 0.500. The average molecular weight is 310 g/mol. The summed E-state index contributed by atoms with van der Waals surface area (Å²) in [7, 11) is 0. The number of benzene rings is 1. The lowest BCUT2D eigenvalue weighted by molar-refractivity contribution is -0.139. The van der Waals surface area contributed by atoms with Crippen LogP contribution in [0.15, 0.2) is 24.3 Å². The molecule has 0 saturated carbocycles. The first kappa shape index (κ1) is 15.8. The molecule has 0 aliphatic carbocycles. The van der Waals surface area contributed by atoms with Crippen LogP contribution in [0.3, 0.4) is 0 Å². The molecule has 114 valence electrons. The molecular formula is C16H20ClNO3. The number of para-hydroxylation sites is 1. The van der Waals surface area contributed by atoms with Gasteiger partial charge in [0.1, 0.15) is 0 Å². The predicted octanol–water partition coefficient (Wildman–Crippen LogP) is 3.25. The highest BCUT2D eigenvalue weighted by atomic mass is 35.5. The van der Waals surface area contributed by atoms with Crippen LogP contribution >= 0.6 is 11.6 Å². The van der Waals surface area contributed by atoms with Gasteiger partial charge in [0.15, 0.2) is 0 Å². The van der Waals surface area contributed by atoms with Crippen molar-refractivity contribution in [1.82, 2.24) is 0 Å². The molecule has 1 amide bonds. The topological polar surface area (TPSA) is 57.6 Å². The van der Waals surface area contributed by atoms with Gasteiger partial charge in [-0.2, -0.15) is 0 Å². The number of anilines is 1. The number of carbonyl (C=O) groups excluding carboxylic acids is 1. The molecule has 0 saturated heterocycles. The second kappa shape index (κ2) is 5.68. The van der Waals surface area contributed by atoms with E-state index in [1.54, 1.807) is 30.9 Å². The number of carbonyl (C=O) groups is 2.